The molecule has 4 heteroatoms. The predicted octanol–water partition coefficient (Wildman–Crippen LogP) is 8.79. The van der Waals surface area contributed by atoms with Gasteiger partial charge < -0.3 is 10.2 Å². The molecule has 0 fully saturated rings. The van der Waals surface area contributed by atoms with Crippen molar-refractivity contribution in [2.24, 2.45) is 16.7 Å². The lowest BCUT2D eigenvalue weighted by molar-refractivity contribution is -0.182. The molecule has 0 aromatic heterocycles. The highest BCUT2D eigenvalue weighted by Crippen LogP contribution is 2.57. The molecule has 0 radical (unpaired) electrons. The van der Waals surface area contributed by atoms with Gasteiger partial charge in [-0.2, -0.15) is 0 Å². The normalized spacial score (nSPS) is 23.5. The SMILES string of the molecule is CCCCCCCCCCCCCCCCCC1(C(=O)O)CC=CCC1(C(=O)O)C(C)CC. The molecule has 0 aliphatic heterocycles. The molecular formula is C29H52O4. The van der Waals surface area contributed by atoms with Crippen molar-refractivity contribution < 1.29 is 19.8 Å². The lowest BCUT2D eigenvalue weighted by Gasteiger charge is -2.50. The summed E-state index contributed by atoms with van der Waals surface area (Å²) in [5.74, 6) is -2.04. The van der Waals surface area contributed by atoms with E-state index in [0.29, 0.717) is 25.7 Å². The van der Waals surface area contributed by atoms with Crippen molar-refractivity contribution in [2.45, 2.75) is 143 Å². The highest BCUT2D eigenvalue weighted by molar-refractivity contribution is 5.87. The topological polar surface area (TPSA) is 74.6 Å². The zero-order valence-corrected chi connectivity index (χ0v) is 21.9. The second-order valence-electron chi connectivity index (χ2n) is 10.6. The second-order valence-corrected chi connectivity index (χ2v) is 10.6. The Morgan fingerprint density at radius 1 is 0.697 bits per heavy atom. The average molecular weight is 465 g/mol. The molecule has 0 heterocycles. The van der Waals surface area contributed by atoms with Crippen molar-refractivity contribution in [3.63, 3.8) is 0 Å². The van der Waals surface area contributed by atoms with Crippen molar-refractivity contribution in [3.8, 4) is 0 Å². The molecule has 0 aromatic rings. The van der Waals surface area contributed by atoms with Crippen molar-refractivity contribution >= 4 is 11.9 Å². The molecule has 1 aliphatic carbocycles. The number of unbranched alkanes of at least 4 members (excludes halogenated alkanes) is 14. The molecule has 1 rings (SSSR count). The monoisotopic (exact) mass is 464 g/mol. The third kappa shape index (κ3) is 8.44. The Bertz CT molecular complexity index is 584. The molecule has 3 atom stereocenters. The van der Waals surface area contributed by atoms with E-state index in [1.807, 2.05) is 26.0 Å². The van der Waals surface area contributed by atoms with Crippen molar-refractivity contribution in [2.75, 3.05) is 0 Å². The Morgan fingerprint density at radius 3 is 1.52 bits per heavy atom. The highest BCUT2D eigenvalue weighted by Gasteiger charge is 2.62. The van der Waals surface area contributed by atoms with E-state index in [2.05, 4.69) is 6.92 Å². The predicted molar refractivity (Wildman–Crippen MR) is 138 cm³/mol. The van der Waals surface area contributed by atoms with Crippen LogP contribution >= 0.6 is 0 Å². The molecule has 0 bridgehead atoms. The summed E-state index contributed by atoms with van der Waals surface area (Å²) in [5.41, 5.74) is -2.40. The number of hydrogen-bond donors (Lipinski definition) is 2. The van der Waals surface area contributed by atoms with Gasteiger partial charge in [0.1, 0.15) is 0 Å². The maximum atomic E-state index is 12.5. The van der Waals surface area contributed by atoms with Gasteiger partial charge in [0.05, 0.1) is 10.8 Å². The summed E-state index contributed by atoms with van der Waals surface area (Å²) in [6, 6.07) is 0. The summed E-state index contributed by atoms with van der Waals surface area (Å²) in [5, 5.41) is 20.4. The minimum absolute atomic E-state index is 0.174. The van der Waals surface area contributed by atoms with Gasteiger partial charge in [-0.15, -0.1) is 0 Å². The smallest absolute Gasteiger partial charge is 0.311 e. The van der Waals surface area contributed by atoms with Crippen LogP contribution in [0.1, 0.15) is 143 Å². The molecule has 0 saturated carbocycles. The third-order valence-electron chi connectivity index (χ3n) is 8.38. The van der Waals surface area contributed by atoms with Gasteiger partial charge in [0.25, 0.3) is 0 Å². The van der Waals surface area contributed by atoms with Crippen LogP contribution in [-0.2, 0) is 9.59 Å². The first kappa shape index (κ1) is 29.7. The highest BCUT2D eigenvalue weighted by atomic mass is 16.4. The minimum atomic E-state index is -1.21. The molecule has 0 amide bonds. The van der Waals surface area contributed by atoms with Crippen molar-refractivity contribution in [3.05, 3.63) is 12.2 Å². The molecule has 192 valence electrons. The summed E-state index contributed by atoms with van der Waals surface area (Å²) in [6.07, 6.45) is 24.6. The number of carboxylic acids is 2. The number of allylic oxidation sites excluding steroid dienone is 2. The fourth-order valence-corrected chi connectivity index (χ4v) is 5.96. The van der Waals surface area contributed by atoms with Gasteiger partial charge in [-0.25, -0.2) is 0 Å². The van der Waals surface area contributed by atoms with E-state index in [9.17, 15) is 19.8 Å². The third-order valence-corrected chi connectivity index (χ3v) is 8.38. The lowest BCUT2D eigenvalue weighted by Crippen LogP contribution is -2.56. The molecule has 0 aromatic carbocycles. The van der Waals surface area contributed by atoms with Crippen LogP contribution < -0.4 is 0 Å². The molecule has 33 heavy (non-hydrogen) atoms. The van der Waals surface area contributed by atoms with Gasteiger partial charge in [-0.3, -0.25) is 9.59 Å². The Balaban J connectivity index is 2.33. The number of rotatable bonds is 20. The molecule has 3 unspecified atom stereocenters. The van der Waals surface area contributed by atoms with Crippen LogP contribution in [0.25, 0.3) is 0 Å². The zero-order chi connectivity index (χ0) is 24.6. The maximum absolute atomic E-state index is 12.5. The second kappa shape index (κ2) is 16.3. The van der Waals surface area contributed by atoms with Gasteiger partial charge in [-0.1, -0.05) is 136 Å². The van der Waals surface area contributed by atoms with Crippen molar-refractivity contribution in [1.29, 1.82) is 0 Å². The summed E-state index contributed by atoms with van der Waals surface area (Å²) < 4.78 is 0. The Morgan fingerprint density at radius 2 is 1.12 bits per heavy atom. The largest absolute Gasteiger partial charge is 0.481 e. The van der Waals surface area contributed by atoms with E-state index in [-0.39, 0.29) is 5.92 Å². The number of aliphatic carboxylic acids is 2. The van der Waals surface area contributed by atoms with Gasteiger partial charge >= 0.3 is 11.9 Å². The van der Waals surface area contributed by atoms with E-state index in [1.165, 1.54) is 77.0 Å². The summed E-state index contributed by atoms with van der Waals surface area (Å²) >= 11 is 0. The summed E-state index contributed by atoms with van der Waals surface area (Å²) in [4.78, 5) is 25.0. The Kier molecular flexibility index (Phi) is 14.7. The van der Waals surface area contributed by atoms with E-state index in [1.54, 1.807) is 0 Å². The maximum Gasteiger partial charge on any atom is 0.311 e. The van der Waals surface area contributed by atoms with E-state index >= 15 is 0 Å². The fraction of sp³-hybridized carbons (Fsp3) is 0.862. The molecule has 0 spiro atoms. The fourth-order valence-electron chi connectivity index (χ4n) is 5.96. The van der Waals surface area contributed by atoms with Crippen LogP contribution in [0.3, 0.4) is 0 Å². The summed E-state index contributed by atoms with van der Waals surface area (Å²) in [7, 11) is 0. The molecular weight excluding hydrogens is 412 g/mol. The van der Waals surface area contributed by atoms with E-state index in [0.717, 1.165) is 19.3 Å². The van der Waals surface area contributed by atoms with Crippen LogP contribution in [0.4, 0.5) is 0 Å². The minimum Gasteiger partial charge on any atom is -0.481 e. The van der Waals surface area contributed by atoms with Gasteiger partial charge in [0.15, 0.2) is 0 Å². The first-order chi connectivity index (χ1) is 15.9. The Hall–Kier alpha value is -1.32. The van der Waals surface area contributed by atoms with E-state index in [4.69, 9.17) is 0 Å². The van der Waals surface area contributed by atoms with Gasteiger partial charge in [0, 0.05) is 0 Å². The van der Waals surface area contributed by atoms with Crippen LogP contribution in [-0.4, -0.2) is 22.2 Å². The quantitative estimate of drug-likeness (QED) is 0.139. The molecule has 1 aliphatic rings. The van der Waals surface area contributed by atoms with Crippen molar-refractivity contribution in [1.82, 2.24) is 0 Å². The van der Waals surface area contributed by atoms with E-state index < -0.39 is 22.8 Å². The van der Waals surface area contributed by atoms with Gasteiger partial charge in [0.2, 0.25) is 0 Å². The van der Waals surface area contributed by atoms with Crippen LogP contribution in [0.5, 0.6) is 0 Å². The molecule has 0 saturated heterocycles. The first-order valence-corrected chi connectivity index (χ1v) is 14.0. The standard InChI is InChI=1S/C29H52O4/c1-4-6-7-8-9-10-11-12-13-14-15-16-17-18-19-22-28(26(30)31)23-20-21-24-29(28,27(32)33)25(3)5-2/h20-21,25H,4-19,22-24H2,1-3H3,(H,30,31)(H,32,33). The average Bonchev–Trinajstić information content (AvgIpc) is 2.80. The number of carbonyl (C=O) groups is 2. The van der Waals surface area contributed by atoms with Crippen LogP contribution in [0, 0.1) is 16.7 Å². The van der Waals surface area contributed by atoms with Crippen LogP contribution in [0.2, 0.25) is 0 Å². The van der Waals surface area contributed by atoms with Gasteiger partial charge in [-0.05, 0) is 25.2 Å². The summed E-state index contributed by atoms with van der Waals surface area (Å²) in [6.45, 7) is 6.14. The Labute approximate surface area is 203 Å². The molecule has 2 N–H and O–H groups in total. The first-order valence-electron chi connectivity index (χ1n) is 14.0. The zero-order valence-electron chi connectivity index (χ0n) is 21.9. The van der Waals surface area contributed by atoms with Crippen LogP contribution in [0.15, 0.2) is 12.2 Å². The number of carboxylic acid groups (broad SMARTS) is 2. The number of hydrogen-bond acceptors (Lipinski definition) is 2. The molecule has 4 nitrogen and oxygen atoms in total. The lowest BCUT2D eigenvalue weighted by atomic mass is 9.50.